The van der Waals surface area contributed by atoms with Crippen LogP contribution < -0.4 is 5.56 Å². The van der Waals surface area contributed by atoms with E-state index in [0.717, 1.165) is 27.2 Å². The first-order valence-corrected chi connectivity index (χ1v) is 5.84. The smallest absolute Gasteiger partial charge is 0.254 e. The fourth-order valence-electron chi connectivity index (χ4n) is 1.66. The van der Waals surface area contributed by atoms with Gasteiger partial charge in [-0.15, -0.1) is 0 Å². The van der Waals surface area contributed by atoms with Gasteiger partial charge in [-0.2, -0.15) is 4.98 Å². The van der Waals surface area contributed by atoms with E-state index in [9.17, 15) is 9.90 Å². The molecule has 0 aliphatic carbocycles. The first-order chi connectivity index (χ1) is 7.97. The third-order valence-electron chi connectivity index (χ3n) is 2.44. The maximum atomic E-state index is 11.3. The van der Waals surface area contributed by atoms with E-state index in [2.05, 4.69) is 25.9 Å². The van der Waals surface area contributed by atoms with E-state index >= 15 is 0 Å². The molecule has 0 spiro atoms. The zero-order valence-electron chi connectivity index (χ0n) is 9.41. The topological polar surface area (TPSA) is 66.0 Å². The lowest BCUT2D eigenvalue weighted by Gasteiger charge is -2.07. The Morgan fingerprint density at radius 2 is 1.82 bits per heavy atom. The summed E-state index contributed by atoms with van der Waals surface area (Å²) in [5, 5.41) is 9.31. The van der Waals surface area contributed by atoms with Crippen molar-refractivity contribution in [2.75, 3.05) is 0 Å². The van der Waals surface area contributed by atoms with Crippen LogP contribution in [0.1, 0.15) is 11.1 Å². The molecule has 0 amide bonds. The van der Waals surface area contributed by atoms with Gasteiger partial charge in [-0.3, -0.25) is 4.79 Å². The molecule has 0 aliphatic heterocycles. The lowest BCUT2D eigenvalue weighted by atomic mass is 10.1. The van der Waals surface area contributed by atoms with E-state index in [1.165, 1.54) is 0 Å². The lowest BCUT2D eigenvalue weighted by Crippen LogP contribution is -2.06. The van der Waals surface area contributed by atoms with Crippen LogP contribution in [0.2, 0.25) is 0 Å². The SMILES string of the molecule is Cc1cc(-c2nc(O)cc(=O)[nH]2)cc(C)c1Br. The van der Waals surface area contributed by atoms with E-state index in [4.69, 9.17) is 0 Å². The summed E-state index contributed by atoms with van der Waals surface area (Å²) in [7, 11) is 0. The molecule has 0 atom stereocenters. The van der Waals surface area contributed by atoms with Gasteiger partial charge in [0.25, 0.3) is 5.56 Å². The van der Waals surface area contributed by atoms with Crippen molar-refractivity contribution in [3.05, 3.63) is 44.2 Å². The summed E-state index contributed by atoms with van der Waals surface area (Å²) in [6.07, 6.45) is 0. The average molecular weight is 295 g/mol. The fraction of sp³-hybridized carbons (Fsp3) is 0.167. The maximum Gasteiger partial charge on any atom is 0.254 e. The molecule has 2 aromatic rings. The molecule has 0 aliphatic rings. The van der Waals surface area contributed by atoms with Gasteiger partial charge in [0, 0.05) is 10.0 Å². The van der Waals surface area contributed by atoms with Crippen molar-refractivity contribution >= 4 is 15.9 Å². The molecule has 1 aromatic carbocycles. The summed E-state index contributed by atoms with van der Waals surface area (Å²) >= 11 is 3.47. The van der Waals surface area contributed by atoms with E-state index < -0.39 is 0 Å². The summed E-state index contributed by atoms with van der Waals surface area (Å²) in [4.78, 5) is 17.8. The number of nitrogens with zero attached hydrogens (tertiary/aromatic N) is 1. The summed E-state index contributed by atoms with van der Waals surface area (Å²) in [5.41, 5.74) is 2.50. The van der Waals surface area contributed by atoms with Crippen molar-refractivity contribution in [1.82, 2.24) is 9.97 Å². The zero-order chi connectivity index (χ0) is 12.6. The minimum Gasteiger partial charge on any atom is -0.493 e. The number of aryl methyl sites for hydroxylation is 2. The van der Waals surface area contributed by atoms with Gasteiger partial charge in [0.15, 0.2) is 0 Å². The van der Waals surface area contributed by atoms with Gasteiger partial charge in [0.1, 0.15) is 5.82 Å². The zero-order valence-corrected chi connectivity index (χ0v) is 11.0. The van der Waals surface area contributed by atoms with Crippen LogP contribution in [0.3, 0.4) is 0 Å². The largest absolute Gasteiger partial charge is 0.493 e. The Bertz CT molecular complexity index is 612. The molecule has 0 bridgehead atoms. The Hall–Kier alpha value is -1.62. The predicted octanol–water partition coefficient (Wildman–Crippen LogP) is 2.52. The first-order valence-electron chi connectivity index (χ1n) is 5.05. The van der Waals surface area contributed by atoms with Gasteiger partial charge in [0.2, 0.25) is 5.88 Å². The van der Waals surface area contributed by atoms with Crippen LogP contribution in [-0.4, -0.2) is 15.1 Å². The minimum absolute atomic E-state index is 0.276. The number of H-pyrrole nitrogens is 1. The normalized spacial score (nSPS) is 10.5. The minimum atomic E-state index is -0.370. The van der Waals surface area contributed by atoms with E-state index in [0.29, 0.717) is 5.82 Å². The van der Waals surface area contributed by atoms with Crippen molar-refractivity contribution in [3.63, 3.8) is 0 Å². The van der Waals surface area contributed by atoms with Crippen LogP contribution in [0.5, 0.6) is 5.88 Å². The fourth-order valence-corrected chi connectivity index (χ4v) is 1.89. The molecule has 0 saturated heterocycles. The van der Waals surface area contributed by atoms with Crippen LogP contribution in [0.15, 0.2) is 27.5 Å². The molecule has 5 heteroatoms. The number of aromatic hydroxyl groups is 1. The molecule has 88 valence electrons. The Balaban J connectivity index is 2.64. The van der Waals surface area contributed by atoms with Crippen molar-refractivity contribution in [2.45, 2.75) is 13.8 Å². The Kier molecular flexibility index (Phi) is 3.02. The number of halogens is 1. The Morgan fingerprint density at radius 1 is 1.24 bits per heavy atom. The van der Waals surface area contributed by atoms with Gasteiger partial charge in [-0.05, 0) is 37.1 Å². The van der Waals surface area contributed by atoms with Gasteiger partial charge in [-0.1, -0.05) is 15.9 Å². The van der Waals surface area contributed by atoms with Crippen LogP contribution in [0.25, 0.3) is 11.4 Å². The summed E-state index contributed by atoms with van der Waals surface area (Å²) < 4.78 is 1.03. The lowest BCUT2D eigenvalue weighted by molar-refractivity contribution is 0.452. The Morgan fingerprint density at radius 3 is 2.35 bits per heavy atom. The number of nitrogens with one attached hydrogen (secondary N) is 1. The van der Waals surface area contributed by atoms with E-state index in [1.54, 1.807) is 0 Å². The number of benzene rings is 1. The molecular weight excluding hydrogens is 284 g/mol. The molecule has 0 saturated carbocycles. The molecule has 2 rings (SSSR count). The third kappa shape index (κ3) is 2.39. The van der Waals surface area contributed by atoms with E-state index in [-0.39, 0.29) is 11.4 Å². The Labute approximate surface area is 106 Å². The first kappa shape index (κ1) is 11.9. The molecular formula is C12H11BrN2O2. The predicted molar refractivity (Wildman–Crippen MR) is 69.1 cm³/mol. The highest BCUT2D eigenvalue weighted by Gasteiger charge is 2.07. The van der Waals surface area contributed by atoms with Crippen molar-refractivity contribution in [2.24, 2.45) is 0 Å². The van der Waals surface area contributed by atoms with Crippen LogP contribution in [-0.2, 0) is 0 Å². The maximum absolute atomic E-state index is 11.3. The molecule has 0 unspecified atom stereocenters. The van der Waals surface area contributed by atoms with Gasteiger partial charge in [-0.25, -0.2) is 0 Å². The van der Waals surface area contributed by atoms with Crippen LogP contribution in [0.4, 0.5) is 0 Å². The molecule has 0 radical (unpaired) electrons. The second-order valence-electron chi connectivity index (χ2n) is 3.88. The number of hydrogen-bond donors (Lipinski definition) is 2. The van der Waals surface area contributed by atoms with Gasteiger partial charge in [0.05, 0.1) is 6.07 Å². The van der Waals surface area contributed by atoms with Gasteiger partial charge < -0.3 is 10.1 Å². The average Bonchev–Trinajstić information content (AvgIpc) is 2.23. The highest BCUT2D eigenvalue weighted by atomic mass is 79.9. The van der Waals surface area contributed by atoms with Crippen molar-refractivity contribution in [3.8, 4) is 17.3 Å². The molecule has 0 fully saturated rings. The number of hydrogen-bond acceptors (Lipinski definition) is 3. The third-order valence-corrected chi connectivity index (χ3v) is 3.69. The molecule has 2 N–H and O–H groups in total. The summed E-state index contributed by atoms with van der Waals surface area (Å²) in [5.74, 6) is 0.0932. The summed E-state index contributed by atoms with van der Waals surface area (Å²) in [6.45, 7) is 3.92. The van der Waals surface area contributed by atoms with Gasteiger partial charge >= 0.3 is 0 Å². The second kappa shape index (κ2) is 4.33. The number of aromatic amines is 1. The molecule has 1 heterocycles. The highest BCUT2D eigenvalue weighted by molar-refractivity contribution is 9.10. The highest BCUT2D eigenvalue weighted by Crippen LogP contribution is 2.26. The molecule has 1 aromatic heterocycles. The van der Waals surface area contributed by atoms with E-state index in [1.807, 2.05) is 26.0 Å². The van der Waals surface area contributed by atoms with Crippen LogP contribution >= 0.6 is 15.9 Å². The number of aromatic nitrogens is 2. The molecule has 4 nitrogen and oxygen atoms in total. The number of rotatable bonds is 1. The molecule has 17 heavy (non-hydrogen) atoms. The standard InChI is InChI=1S/C12H11BrN2O2/c1-6-3-8(4-7(2)11(6)13)12-14-9(16)5-10(17)15-12/h3-5H,1-2H3,(H2,14,15,16,17). The monoisotopic (exact) mass is 294 g/mol. The summed E-state index contributed by atoms with van der Waals surface area (Å²) in [6, 6.07) is 4.84. The van der Waals surface area contributed by atoms with Crippen LogP contribution in [0, 0.1) is 13.8 Å². The quantitative estimate of drug-likeness (QED) is 0.849. The van der Waals surface area contributed by atoms with Crippen molar-refractivity contribution < 1.29 is 5.11 Å². The second-order valence-corrected chi connectivity index (χ2v) is 4.67. The van der Waals surface area contributed by atoms with Crippen molar-refractivity contribution in [1.29, 1.82) is 0 Å².